The van der Waals surface area contributed by atoms with Gasteiger partial charge in [-0.1, -0.05) is 35.9 Å². The standard InChI is InChI=1S/C33H28FN3O5/c1-20-8-14-27(15-9-20)37-33(42-21(2)38)30(31(36-37)24-17-28(40-3)19-29(18-24)41-4)22-10-12-26(13-11-22)35-32(39)23-6-5-7-25(34)16-23/h5-19H,1-4H3,(H,35,39). The highest BCUT2D eigenvalue weighted by molar-refractivity contribution is 6.04. The van der Waals surface area contributed by atoms with E-state index in [2.05, 4.69) is 5.32 Å². The number of halogens is 1. The molecule has 0 aliphatic rings. The van der Waals surface area contributed by atoms with Crippen LogP contribution in [0.3, 0.4) is 0 Å². The Kier molecular flexibility index (Phi) is 8.01. The van der Waals surface area contributed by atoms with Crippen LogP contribution in [0.25, 0.3) is 28.1 Å². The lowest BCUT2D eigenvalue weighted by molar-refractivity contribution is -0.132. The summed E-state index contributed by atoms with van der Waals surface area (Å²) >= 11 is 0. The van der Waals surface area contributed by atoms with Gasteiger partial charge in [-0.3, -0.25) is 9.59 Å². The number of nitrogens with one attached hydrogen (secondary N) is 1. The number of nitrogens with zero attached hydrogens (tertiary/aromatic N) is 2. The first-order valence-electron chi connectivity index (χ1n) is 13.0. The Morgan fingerprint density at radius 3 is 2.10 bits per heavy atom. The molecular formula is C33H28FN3O5. The first-order valence-corrected chi connectivity index (χ1v) is 13.0. The van der Waals surface area contributed by atoms with E-state index in [1.807, 2.05) is 43.3 Å². The number of anilines is 1. The SMILES string of the molecule is COc1cc(OC)cc(-c2nn(-c3ccc(C)cc3)c(OC(C)=O)c2-c2ccc(NC(=O)c3cccc(F)c3)cc2)c1. The van der Waals surface area contributed by atoms with E-state index in [1.165, 1.54) is 31.2 Å². The number of esters is 1. The molecule has 4 aromatic carbocycles. The van der Waals surface area contributed by atoms with Gasteiger partial charge in [0.05, 0.1) is 25.5 Å². The van der Waals surface area contributed by atoms with E-state index >= 15 is 0 Å². The lowest BCUT2D eigenvalue weighted by atomic mass is 10.0. The zero-order chi connectivity index (χ0) is 29.8. The zero-order valence-electron chi connectivity index (χ0n) is 23.5. The van der Waals surface area contributed by atoms with Crippen LogP contribution in [-0.4, -0.2) is 35.9 Å². The van der Waals surface area contributed by atoms with Crippen LogP contribution in [0.5, 0.6) is 17.4 Å². The lowest BCUT2D eigenvalue weighted by Gasteiger charge is -2.11. The van der Waals surface area contributed by atoms with Gasteiger partial charge in [0.2, 0.25) is 5.88 Å². The Balaban J connectivity index is 1.65. The second kappa shape index (κ2) is 12.0. The van der Waals surface area contributed by atoms with Crippen LogP contribution in [-0.2, 0) is 4.79 Å². The number of ether oxygens (including phenoxy) is 3. The summed E-state index contributed by atoms with van der Waals surface area (Å²) in [5.41, 5.74) is 4.85. The Morgan fingerprint density at radius 1 is 0.833 bits per heavy atom. The molecule has 0 aliphatic heterocycles. The van der Waals surface area contributed by atoms with Crippen molar-refractivity contribution in [3.63, 3.8) is 0 Å². The molecule has 0 saturated carbocycles. The summed E-state index contributed by atoms with van der Waals surface area (Å²) in [7, 11) is 3.12. The van der Waals surface area contributed by atoms with Crippen molar-refractivity contribution in [2.45, 2.75) is 13.8 Å². The summed E-state index contributed by atoms with van der Waals surface area (Å²) in [4.78, 5) is 25.0. The Hall–Kier alpha value is -5.44. The van der Waals surface area contributed by atoms with E-state index in [0.717, 1.165) is 5.56 Å². The maximum atomic E-state index is 13.6. The van der Waals surface area contributed by atoms with Gasteiger partial charge >= 0.3 is 5.97 Å². The molecule has 42 heavy (non-hydrogen) atoms. The van der Waals surface area contributed by atoms with Gasteiger partial charge in [0, 0.05) is 29.8 Å². The molecule has 0 atom stereocenters. The quantitative estimate of drug-likeness (QED) is 0.207. The smallest absolute Gasteiger partial charge is 0.309 e. The number of methoxy groups -OCH3 is 2. The van der Waals surface area contributed by atoms with Crippen molar-refractivity contribution in [1.82, 2.24) is 9.78 Å². The van der Waals surface area contributed by atoms with E-state index in [-0.39, 0.29) is 11.4 Å². The molecular weight excluding hydrogens is 537 g/mol. The van der Waals surface area contributed by atoms with Gasteiger partial charge in [0.1, 0.15) is 23.0 Å². The van der Waals surface area contributed by atoms with Gasteiger partial charge in [-0.15, -0.1) is 0 Å². The van der Waals surface area contributed by atoms with Crippen molar-refractivity contribution in [2.24, 2.45) is 0 Å². The highest BCUT2D eigenvalue weighted by Crippen LogP contribution is 2.43. The molecule has 1 aromatic heterocycles. The highest BCUT2D eigenvalue weighted by atomic mass is 19.1. The zero-order valence-corrected chi connectivity index (χ0v) is 23.5. The Bertz CT molecular complexity index is 1740. The average molecular weight is 566 g/mol. The van der Waals surface area contributed by atoms with Gasteiger partial charge in [0.25, 0.3) is 5.91 Å². The number of hydrogen-bond acceptors (Lipinski definition) is 6. The maximum absolute atomic E-state index is 13.6. The van der Waals surface area contributed by atoms with Gasteiger partial charge in [-0.05, 0) is 67.1 Å². The third-order valence-electron chi connectivity index (χ3n) is 6.51. The molecule has 5 aromatic rings. The van der Waals surface area contributed by atoms with Gasteiger partial charge < -0.3 is 19.5 Å². The lowest BCUT2D eigenvalue weighted by Crippen LogP contribution is -2.11. The van der Waals surface area contributed by atoms with Crippen molar-refractivity contribution >= 4 is 17.6 Å². The number of carbonyl (C=O) groups excluding carboxylic acids is 2. The number of aromatic nitrogens is 2. The van der Waals surface area contributed by atoms with Gasteiger partial charge in [0.15, 0.2) is 0 Å². The molecule has 8 nitrogen and oxygen atoms in total. The Morgan fingerprint density at radius 2 is 1.50 bits per heavy atom. The van der Waals surface area contributed by atoms with Crippen LogP contribution in [0.15, 0.2) is 91.0 Å². The fourth-order valence-corrected chi connectivity index (χ4v) is 4.45. The van der Waals surface area contributed by atoms with Crippen molar-refractivity contribution in [1.29, 1.82) is 0 Å². The minimum atomic E-state index is -0.515. The van der Waals surface area contributed by atoms with Gasteiger partial charge in [-0.25, -0.2) is 4.39 Å². The molecule has 0 fully saturated rings. The van der Waals surface area contributed by atoms with Crippen LogP contribution in [0, 0.1) is 12.7 Å². The third-order valence-corrected chi connectivity index (χ3v) is 6.51. The molecule has 0 radical (unpaired) electrons. The highest BCUT2D eigenvalue weighted by Gasteiger charge is 2.25. The first-order chi connectivity index (χ1) is 20.2. The molecule has 1 heterocycles. The van der Waals surface area contributed by atoms with Crippen LogP contribution in [0.2, 0.25) is 0 Å². The van der Waals surface area contributed by atoms with Crippen LogP contribution in [0.1, 0.15) is 22.8 Å². The fourth-order valence-electron chi connectivity index (χ4n) is 4.45. The van der Waals surface area contributed by atoms with E-state index < -0.39 is 17.7 Å². The van der Waals surface area contributed by atoms with Crippen molar-refractivity contribution in [3.8, 4) is 45.5 Å². The van der Waals surface area contributed by atoms with Gasteiger partial charge in [-0.2, -0.15) is 9.78 Å². The van der Waals surface area contributed by atoms with Crippen LogP contribution >= 0.6 is 0 Å². The summed E-state index contributed by atoms with van der Waals surface area (Å²) in [5, 5.41) is 7.68. The second-order valence-electron chi connectivity index (χ2n) is 9.51. The molecule has 0 aliphatic carbocycles. The summed E-state index contributed by atoms with van der Waals surface area (Å²) in [6, 6.07) is 25.5. The molecule has 5 rings (SSSR count). The topological polar surface area (TPSA) is 91.7 Å². The molecule has 1 N–H and O–H groups in total. The molecule has 0 unspecified atom stereocenters. The van der Waals surface area contributed by atoms with E-state index in [1.54, 1.807) is 49.2 Å². The molecule has 9 heteroatoms. The number of benzene rings is 4. The van der Waals surface area contributed by atoms with Crippen LogP contribution < -0.4 is 19.5 Å². The number of rotatable bonds is 8. The predicted octanol–water partition coefficient (Wildman–Crippen LogP) is 6.85. The number of amides is 1. The molecule has 212 valence electrons. The predicted molar refractivity (Wildman–Crippen MR) is 158 cm³/mol. The minimum absolute atomic E-state index is 0.199. The van der Waals surface area contributed by atoms with Crippen LogP contribution in [0.4, 0.5) is 10.1 Å². The molecule has 0 saturated heterocycles. The monoisotopic (exact) mass is 565 g/mol. The summed E-state index contributed by atoms with van der Waals surface area (Å²) in [6.07, 6.45) is 0. The van der Waals surface area contributed by atoms with E-state index in [9.17, 15) is 14.0 Å². The molecule has 0 spiro atoms. The summed E-state index contributed by atoms with van der Waals surface area (Å²) in [6.45, 7) is 3.31. The number of carbonyl (C=O) groups is 2. The number of aryl methyl sites for hydroxylation is 1. The normalized spacial score (nSPS) is 10.7. The van der Waals surface area contributed by atoms with E-state index in [0.29, 0.717) is 45.3 Å². The largest absolute Gasteiger partial charge is 0.497 e. The number of hydrogen-bond donors (Lipinski definition) is 1. The van der Waals surface area contributed by atoms with Crippen molar-refractivity contribution in [3.05, 3.63) is 108 Å². The summed E-state index contributed by atoms with van der Waals surface area (Å²) in [5.74, 6) is -0.116. The molecule has 0 bridgehead atoms. The third kappa shape index (κ3) is 6.00. The van der Waals surface area contributed by atoms with E-state index in [4.69, 9.17) is 19.3 Å². The average Bonchev–Trinajstić information content (AvgIpc) is 3.36. The minimum Gasteiger partial charge on any atom is -0.497 e. The maximum Gasteiger partial charge on any atom is 0.309 e. The summed E-state index contributed by atoms with van der Waals surface area (Å²) < 4.78 is 32.0. The van der Waals surface area contributed by atoms with Crippen molar-refractivity contribution < 1.29 is 28.2 Å². The second-order valence-corrected chi connectivity index (χ2v) is 9.51. The van der Waals surface area contributed by atoms with Crippen molar-refractivity contribution in [2.75, 3.05) is 19.5 Å². The molecule has 1 amide bonds. The Labute approximate surface area is 242 Å². The first kappa shape index (κ1) is 28.1. The fraction of sp³-hybridized carbons (Fsp3) is 0.121.